The molecule has 0 amide bonds. The fraction of sp³-hybridized carbons (Fsp3) is 0.353. The summed E-state index contributed by atoms with van der Waals surface area (Å²) in [6.45, 7) is 0.670. The van der Waals surface area contributed by atoms with Gasteiger partial charge < -0.3 is 10.2 Å². The Bertz CT molecular complexity index is 807. The van der Waals surface area contributed by atoms with Crippen molar-refractivity contribution >= 4 is 16.3 Å². The van der Waals surface area contributed by atoms with Crippen LogP contribution in [0.2, 0.25) is 0 Å². The Hall–Kier alpha value is -1.71. The van der Waals surface area contributed by atoms with Gasteiger partial charge in [-0.2, -0.15) is 0 Å². The molecule has 1 atom stereocenters. The summed E-state index contributed by atoms with van der Waals surface area (Å²) in [6.07, 6.45) is 2.25. The van der Waals surface area contributed by atoms with E-state index in [1.54, 1.807) is 0 Å². The van der Waals surface area contributed by atoms with Gasteiger partial charge >= 0.3 is 0 Å². The van der Waals surface area contributed by atoms with E-state index in [1.165, 1.54) is 0 Å². The maximum Gasteiger partial charge on any atom is 0.186 e. The molecule has 0 aromatic heterocycles. The van der Waals surface area contributed by atoms with Crippen molar-refractivity contribution in [2.24, 2.45) is 10.9 Å². The maximum absolute atomic E-state index is 10.5. The number of rotatable bonds is 0. The van der Waals surface area contributed by atoms with Gasteiger partial charge in [-0.3, -0.25) is 4.99 Å². The van der Waals surface area contributed by atoms with E-state index in [9.17, 15) is 10.2 Å². The molecule has 2 aromatic carbocycles. The Morgan fingerprint density at radius 2 is 1.95 bits per heavy atom. The minimum Gasteiger partial charge on any atom is -0.362 e. The Balaban J connectivity index is 2.22. The Morgan fingerprint density at radius 1 is 1.10 bits per heavy atom. The molecule has 3 heteroatoms. The molecule has 1 heterocycles. The smallest absolute Gasteiger partial charge is 0.186 e. The van der Waals surface area contributed by atoms with E-state index < -0.39 is 5.79 Å². The fourth-order valence-electron chi connectivity index (χ4n) is 3.67. The van der Waals surface area contributed by atoms with Gasteiger partial charge in [-0.1, -0.05) is 30.3 Å². The topological polar surface area (TPSA) is 52.8 Å². The van der Waals surface area contributed by atoms with Crippen molar-refractivity contribution in [3.8, 4) is 0 Å². The van der Waals surface area contributed by atoms with E-state index in [1.807, 2.05) is 24.3 Å². The second-order valence-corrected chi connectivity index (χ2v) is 5.84. The zero-order valence-corrected chi connectivity index (χ0v) is 11.2. The van der Waals surface area contributed by atoms with Crippen LogP contribution in [0.15, 0.2) is 41.4 Å². The van der Waals surface area contributed by atoms with Crippen LogP contribution in [0.25, 0.3) is 16.3 Å². The highest BCUT2D eigenvalue weighted by Gasteiger charge is 2.39. The molecular weight excluding hydrogens is 250 g/mol. The number of aliphatic hydroxyl groups is 2. The normalized spacial score (nSPS) is 23.9. The van der Waals surface area contributed by atoms with Crippen molar-refractivity contribution in [1.29, 1.82) is 0 Å². The van der Waals surface area contributed by atoms with Gasteiger partial charge in [0.15, 0.2) is 5.79 Å². The maximum atomic E-state index is 10.5. The quantitative estimate of drug-likeness (QED) is 0.702. The van der Waals surface area contributed by atoms with Crippen LogP contribution in [-0.2, 0) is 0 Å². The first kappa shape index (κ1) is 12.1. The molecule has 20 heavy (non-hydrogen) atoms. The zero-order chi connectivity index (χ0) is 13.7. The largest absolute Gasteiger partial charge is 0.362 e. The highest BCUT2D eigenvalue weighted by atomic mass is 16.5. The van der Waals surface area contributed by atoms with Gasteiger partial charge in [0.1, 0.15) is 0 Å². The van der Waals surface area contributed by atoms with Gasteiger partial charge in [0.05, 0.1) is 5.36 Å². The number of benzene rings is 2. The average molecular weight is 267 g/mol. The summed E-state index contributed by atoms with van der Waals surface area (Å²) in [5.41, 5.74) is 0.783. The van der Waals surface area contributed by atoms with Gasteiger partial charge in [-0.25, -0.2) is 0 Å². The van der Waals surface area contributed by atoms with Crippen LogP contribution in [0.1, 0.15) is 19.3 Å². The molecule has 3 nitrogen and oxygen atoms in total. The van der Waals surface area contributed by atoms with E-state index in [-0.39, 0.29) is 5.92 Å². The molecule has 0 spiro atoms. The van der Waals surface area contributed by atoms with Crippen molar-refractivity contribution in [3.05, 3.63) is 47.0 Å². The number of nitrogens with zero attached hydrogens (tertiary/aromatic N) is 1. The highest BCUT2D eigenvalue weighted by molar-refractivity contribution is 5.85. The zero-order valence-electron chi connectivity index (χ0n) is 11.2. The average Bonchev–Trinajstić information content (AvgIpc) is 2.46. The van der Waals surface area contributed by atoms with Crippen LogP contribution < -0.4 is 10.6 Å². The third-order valence-corrected chi connectivity index (χ3v) is 4.58. The summed E-state index contributed by atoms with van der Waals surface area (Å²) in [5.74, 6) is -1.52. The summed E-state index contributed by atoms with van der Waals surface area (Å²) in [5, 5.41) is 24.9. The SMILES string of the molecule is OC1(O)CCCC2CN=c3ccc4ccccc4c3=C21. The first-order valence-electron chi connectivity index (χ1n) is 7.18. The number of hydrogen-bond acceptors (Lipinski definition) is 3. The molecule has 1 fully saturated rings. The second kappa shape index (κ2) is 4.14. The Kier molecular flexibility index (Phi) is 2.50. The fourth-order valence-corrected chi connectivity index (χ4v) is 3.67. The molecule has 0 bridgehead atoms. The van der Waals surface area contributed by atoms with Crippen LogP contribution in [0, 0.1) is 5.92 Å². The second-order valence-electron chi connectivity index (χ2n) is 5.84. The molecule has 0 saturated heterocycles. The predicted molar refractivity (Wildman–Crippen MR) is 77.5 cm³/mol. The summed E-state index contributed by atoms with van der Waals surface area (Å²) >= 11 is 0. The molecule has 102 valence electrons. The van der Waals surface area contributed by atoms with Crippen molar-refractivity contribution < 1.29 is 10.2 Å². The lowest BCUT2D eigenvalue weighted by atomic mass is 9.77. The van der Waals surface area contributed by atoms with Gasteiger partial charge in [-0.15, -0.1) is 0 Å². The third kappa shape index (κ3) is 1.63. The number of fused-ring (bicyclic) bond motifs is 4. The molecule has 2 aromatic rings. The summed E-state index contributed by atoms with van der Waals surface area (Å²) in [4.78, 5) is 4.65. The van der Waals surface area contributed by atoms with E-state index >= 15 is 0 Å². The van der Waals surface area contributed by atoms with Crippen LogP contribution >= 0.6 is 0 Å². The van der Waals surface area contributed by atoms with Crippen molar-refractivity contribution in [1.82, 2.24) is 0 Å². The lowest BCUT2D eigenvalue weighted by Crippen LogP contribution is -2.47. The Labute approximate surface area is 116 Å². The predicted octanol–water partition coefficient (Wildman–Crippen LogP) is 1.10. The monoisotopic (exact) mass is 267 g/mol. The standard InChI is InChI=1S/C17H17NO2/c19-17(20)9-3-5-12-10-18-14-8-7-11-4-1-2-6-13(11)15(14)16(12)17/h1-2,4,6-8,12,19-20H,3,5,9-10H2. The summed E-state index contributed by atoms with van der Waals surface area (Å²) in [7, 11) is 0. The van der Waals surface area contributed by atoms with Crippen LogP contribution in [-0.4, -0.2) is 22.5 Å². The highest BCUT2D eigenvalue weighted by Crippen LogP contribution is 2.37. The lowest BCUT2D eigenvalue weighted by molar-refractivity contribution is -0.127. The van der Waals surface area contributed by atoms with Crippen LogP contribution in [0.4, 0.5) is 0 Å². The summed E-state index contributed by atoms with van der Waals surface area (Å²) < 4.78 is 0. The first-order valence-corrected chi connectivity index (χ1v) is 7.18. The van der Waals surface area contributed by atoms with Crippen molar-refractivity contribution in [2.75, 3.05) is 6.54 Å². The van der Waals surface area contributed by atoms with E-state index in [0.29, 0.717) is 13.0 Å². The molecule has 1 unspecified atom stereocenters. The molecular formula is C17H17NO2. The van der Waals surface area contributed by atoms with E-state index in [2.05, 4.69) is 17.1 Å². The van der Waals surface area contributed by atoms with E-state index in [4.69, 9.17) is 0 Å². The van der Waals surface area contributed by atoms with Crippen LogP contribution in [0.3, 0.4) is 0 Å². The lowest BCUT2D eigenvalue weighted by Gasteiger charge is -2.37. The van der Waals surface area contributed by atoms with Gasteiger partial charge in [0.25, 0.3) is 0 Å². The molecule has 1 saturated carbocycles. The van der Waals surface area contributed by atoms with Gasteiger partial charge in [0.2, 0.25) is 0 Å². The molecule has 2 N–H and O–H groups in total. The molecule has 1 aliphatic heterocycles. The molecule has 0 radical (unpaired) electrons. The summed E-state index contributed by atoms with van der Waals surface area (Å²) in [6, 6.07) is 12.1. The van der Waals surface area contributed by atoms with Crippen molar-refractivity contribution in [3.63, 3.8) is 0 Å². The number of hydrogen-bond donors (Lipinski definition) is 2. The first-order chi connectivity index (χ1) is 9.67. The Morgan fingerprint density at radius 3 is 2.85 bits per heavy atom. The van der Waals surface area contributed by atoms with E-state index in [0.717, 1.165) is 39.8 Å². The third-order valence-electron chi connectivity index (χ3n) is 4.58. The van der Waals surface area contributed by atoms with Crippen molar-refractivity contribution in [2.45, 2.75) is 25.0 Å². The van der Waals surface area contributed by atoms with Crippen LogP contribution in [0.5, 0.6) is 0 Å². The molecule has 1 aliphatic carbocycles. The minimum absolute atomic E-state index is 0.164. The minimum atomic E-state index is -1.68. The van der Waals surface area contributed by atoms with Gasteiger partial charge in [-0.05, 0) is 29.7 Å². The van der Waals surface area contributed by atoms with Gasteiger partial charge in [0, 0.05) is 29.7 Å². The molecule has 2 aliphatic rings. The molecule has 4 rings (SSSR count).